The smallest absolute Gasteiger partial charge is 0.309 e. The lowest BCUT2D eigenvalue weighted by atomic mass is 10.0. The second-order valence-electron chi connectivity index (χ2n) is 7.58. The van der Waals surface area contributed by atoms with Gasteiger partial charge in [0, 0.05) is 13.1 Å². The highest BCUT2D eigenvalue weighted by atomic mass is 32.2. The summed E-state index contributed by atoms with van der Waals surface area (Å²) < 4.78 is 31.0. The van der Waals surface area contributed by atoms with Crippen LogP contribution in [0.1, 0.15) is 27.8 Å². The molecule has 0 heterocycles. The zero-order valence-corrected chi connectivity index (χ0v) is 18.6. The molecule has 5 nitrogen and oxygen atoms in total. The van der Waals surface area contributed by atoms with Gasteiger partial charge in [-0.2, -0.15) is 4.31 Å². The van der Waals surface area contributed by atoms with E-state index in [-0.39, 0.29) is 25.5 Å². The molecule has 0 aromatic heterocycles. The number of ether oxygens (including phenoxy) is 1. The maximum Gasteiger partial charge on any atom is 0.309 e. The summed E-state index contributed by atoms with van der Waals surface area (Å²) in [6.45, 7) is 0.519. The maximum absolute atomic E-state index is 12.4. The van der Waals surface area contributed by atoms with Gasteiger partial charge in [0.2, 0.25) is 10.0 Å². The van der Waals surface area contributed by atoms with Gasteiger partial charge >= 0.3 is 5.97 Å². The Morgan fingerprint density at radius 3 is 1.97 bits per heavy atom. The Bertz CT molecular complexity index is 1110. The molecule has 0 radical (unpaired) electrons. The summed E-state index contributed by atoms with van der Waals surface area (Å²) in [5.74, 6) is -0.326. The molecule has 6 heteroatoms. The molecular formula is C25H27NO4S. The van der Waals surface area contributed by atoms with Crippen molar-refractivity contribution >= 4 is 16.0 Å². The molecule has 0 unspecified atom stereocenters. The van der Waals surface area contributed by atoms with Crippen molar-refractivity contribution in [3.8, 4) is 0 Å². The lowest BCUT2D eigenvalue weighted by molar-refractivity contribution is -0.139. The zero-order chi connectivity index (χ0) is 22.3. The van der Waals surface area contributed by atoms with Crippen LogP contribution in [-0.2, 0) is 45.5 Å². The van der Waals surface area contributed by atoms with Crippen molar-refractivity contribution in [2.24, 2.45) is 0 Å². The molecule has 0 atom stereocenters. The lowest BCUT2D eigenvalue weighted by Gasteiger charge is -2.21. The molecule has 0 spiro atoms. The summed E-state index contributed by atoms with van der Waals surface area (Å²) >= 11 is 0. The Kier molecular flexibility index (Phi) is 7.60. The summed E-state index contributed by atoms with van der Waals surface area (Å²) in [5.41, 5.74) is 4.96. The average Bonchev–Trinajstić information content (AvgIpc) is 2.75. The van der Waals surface area contributed by atoms with E-state index in [1.165, 1.54) is 28.8 Å². The van der Waals surface area contributed by atoms with E-state index in [4.69, 9.17) is 4.74 Å². The Hall–Kier alpha value is -2.96. The lowest BCUT2D eigenvalue weighted by Crippen LogP contribution is -2.29. The minimum Gasteiger partial charge on any atom is -0.469 e. The first kappa shape index (κ1) is 22.7. The Morgan fingerprint density at radius 2 is 1.32 bits per heavy atom. The van der Waals surface area contributed by atoms with Crippen LogP contribution in [0.15, 0.2) is 78.9 Å². The molecule has 0 bridgehead atoms. The molecule has 0 aliphatic heterocycles. The van der Waals surface area contributed by atoms with Crippen molar-refractivity contribution in [2.45, 2.75) is 25.9 Å². The van der Waals surface area contributed by atoms with Gasteiger partial charge in [0.1, 0.15) is 0 Å². The largest absolute Gasteiger partial charge is 0.469 e. The van der Waals surface area contributed by atoms with E-state index in [0.29, 0.717) is 0 Å². The predicted octanol–water partition coefficient (Wildman–Crippen LogP) is 3.95. The fourth-order valence-electron chi connectivity index (χ4n) is 3.37. The molecule has 0 amide bonds. The number of sulfonamides is 1. The second kappa shape index (κ2) is 10.4. The summed E-state index contributed by atoms with van der Waals surface area (Å²) in [4.78, 5) is 11.5. The highest BCUT2D eigenvalue weighted by Crippen LogP contribution is 2.17. The van der Waals surface area contributed by atoms with Crippen molar-refractivity contribution in [1.29, 1.82) is 0 Å². The monoisotopic (exact) mass is 437 g/mol. The zero-order valence-electron chi connectivity index (χ0n) is 17.8. The maximum atomic E-state index is 12.4. The van der Waals surface area contributed by atoms with E-state index in [9.17, 15) is 13.2 Å². The van der Waals surface area contributed by atoms with E-state index in [1.807, 2.05) is 66.7 Å². The van der Waals surface area contributed by atoms with Crippen LogP contribution in [0.25, 0.3) is 0 Å². The van der Waals surface area contributed by atoms with Crippen LogP contribution in [0.2, 0.25) is 0 Å². The quantitative estimate of drug-likeness (QED) is 0.476. The van der Waals surface area contributed by atoms with Crippen LogP contribution in [0, 0.1) is 0 Å². The summed E-state index contributed by atoms with van der Waals surface area (Å²) in [6.07, 6.45) is 2.21. The van der Waals surface area contributed by atoms with Crippen LogP contribution in [0.4, 0.5) is 0 Å². The van der Waals surface area contributed by atoms with Gasteiger partial charge in [0.05, 0.1) is 19.8 Å². The van der Waals surface area contributed by atoms with E-state index >= 15 is 0 Å². The molecule has 162 valence electrons. The highest BCUT2D eigenvalue weighted by Gasteiger charge is 2.18. The number of nitrogens with zero attached hydrogens (tertiary/aromatic N) is 1. The van der Waals surface area contributed by atoms with Gasteiger partial charge in [0.25, 0.3) is 0 Å². The summed E-state index contributed by atoms with van der Waals surface area (Å²) in [5, 5.41) is 0. The molecule has 3 aromatic rings. The Balaban J connectivity index is 1.71. The number of carbonyl (C=O) groups is 1. The van der Waals surface area contributed by atoms with Gasteiger partial charge in [0.15, 0.2) is 0 Å². The van der Waals surface area contributed by atoms with Gasteiger partial charge in [-0.3, -0.25) is 4.79 Å². The molecule has 0 aliphatic carbocycles. The van der Waals surface area contributed by atoms with Crippen molar-refractivity contribution < 1.29 is 17.9 Å². The van der Waals surface area contributed by atoms with E-state index in [0.717, 1.165) is 23.1 Å². The second-order valence-corrected chi connectivity index (χ2v) is 9.57. The Morgan fingerprint density at radius 1 is 0.774 bits per heavy atom. The fraction of sp³-hybridized carbons (Fsp3) is 0.240. The third-order valence-corrected chi connectivity index (χ3v) is 6.22. The SMILES string of the molecule is COC(=O)Cc1cccc(CN(Cc2ccc(Cc3ccccc3)cc2)S(C)(=O)=O)c1. The molecule has 3 aromatic carbocycles. The van der Waals surface area contributed by atoms with Crippen molar-refractivity contribution in [3.05, 3.63) is 107 Å². The molecule has 0 aliphatic rings. The molecule has 0 N–H and O–H groups in total. The number of hydrogen-bond donors (Lipinski definition) is 0. The third kappa shape index (κ3) is 7.05. The first-order valence-corrected chi connectivity index (χ1v) is 11.9. The Labute approximate surface area is 184 Å². The van der Waals surface area contributed by atoms with Crippen molar-refractivity contribution in [1.82, 2.24) is 4.31 Å². The van der Waals surface area contributed by atoms with E-state index in [1.54, 1.807) is 0 Å². The predicted molar refractivity (Wildman–Crippen MR) is 122 cm³/mol. The van der Waals surface area contributed by atoms with Crippen LogP contribution >= 0.6 is 0 Å². The molecule has 0 fully saturated rings. The third-order valence-electron chi connectivity index (χ3n) is 5.03. The summed E-state index contributed by atoms with van der Waals surface area (Å²) in [6, 6.07) is 25.6. The first-order chi connectivity index (χ1) is 14.8. The number of carbonyl (C=O) groups excluding carboxylic acids is 1. The number of methoxy groups -OCH3 is 1. The van der Waals surface area contributed by atoms with Crippen LogP contribution < -0.4 is 0 Å². The number of rotatable bonds is 9. The van der Waals surface area contributed by atoms with Crippen LogP contribution in [0.5, 0.6) is 0 Å². The molecular weight excluding hydrogens is 410 g/mol. The average molecular weight is 438 g/mol. The molecule has 0 saturated heterocycles. The number of esters is 1. The summed E-state index contributed by atoms with van der Waals surface area (Å²) in [7, 11) is -2.07. The molecule has 31 heavy (non-hydrogen) atoms. The van der Waals surface area contributed by atoms with Crippen LogP contribution in [0.3, 0.4) is 0 Å². The molecule has 0 saturated carbocycles. The van der Waals surface area contributed by atoms with Gasteiger partial charge in [-0.05, 0) is 34.2 Å². The van der Waals surface area contributed by atoms with Crippen molar-refractivity contribution in [3.63, 3.8) is 0 Å². The van der Waals surface area contributed by atoms with Crippen molar-refractivity contribution in [2.75, 3.05) is 13.4 Å². The first-order valence-electron chi connectivity index (χ1n) is 10.0. The molecule has 3 rings (SSSR count). The van der Waals surface area contributed by atoms with Gasteiger partial charge < -0.3 is 4.74 Å². The number of hydrogen-bond acceptors (Lipinski definition) is 4. The van der Waals surface area contributed by atoms with Gasteiger partial charge in [-0.1, -0.05) is 78.9 Å². The van der Waals surface area contributed by atoms with Gasteiger partial charge in [-0.25, -0.2) is 8.42 Å². The minimum absolute atomic E-state index is 0.159. The normalized spacial score (nSPS) is 11.5. The van der Waals surface area contributed by atoms with E-state index < -0.39 is 10.0 Å². The van der Waals surface area contributed by atoms with E-state index in [2.05, 4.69) is 12.1 Å². The van der Waals surface area contributed by atoms with Crippen LogP contribution in [-0.4, -0.2) is 32.1 Å². The topological polar surface area (TPSA) is 63.7 Å². The van der Waals surface area contributed by atoms with Gasteiger partial charge in [-0.15, -0.1) is 0 Å². The minimum atomic E-state index is -3.42. The number of benzene rings is 3. The standard InChI is InChI=1S/C25H27NO4S/c1-30-25(27)17-23-9-6-10-24(16-23)19-26(31(2,28)29)18-22-13-11-21(12-14-22)15-20-7-4-3-5-8-20/h3-14,16H,15,17-19H2,1-2H3. The highest BCUT2D eigenvalue weighted by molar-refractivity contribution is 7.88. The fourth-order valence-corrected chi connectivity index (χ4v) is 4.14.